The number of nitrogens with zero attached hydrogens (tertiary/aromatic N) is 1. The number of carboxylic acids is 1. The molecule has 0 saturated heterocycles. The first kappa shape index (κ1) is 15.3. The summed E-state index contributed by atoms with van der Waals surface area (Å²) in [5, 5.41) is 10.1. The van der Waals surface area contributed by atoms with Crippen LogP contribution in [0.1, 0.15) is 54.4 Å². The summed E-state index contributed by atoms with van der Waals surface area (Å²) in [7, 11) is 0. The second-order valence-corrected chi connectivity index (χ2v) is 6.70. The van der Waals surface area contributed by atoms with Gasteiger partial charge in [-0.2, -0.15) is 0 Å². The van der Waals surface area contributed by atoms with Crippen molar-refractivity contribution in [1.82, 2.24) is 4.90 Å². The van der Waals surface area contributed by atoms with E-state index in [2.05, 4.69) is 0 Å². The maximum Gasteiger partial charge on any atom is 0.326 e. The molecule has 1 amide bonds. The van der Waals surface area contributed by atoms with Gasteiger partial charge in [0.1, 0.15) is 6.04 Å². The summed E-state index contributed by atoms with van der Waals surface area (Å²) in [6.07, 6.45) is 6.25. The van der Waals surface area contributed by atoms with Gasteiger partial charge in [-0.05, 0) is 24.5 Å². The van der Waals surface area contributed by atoms with Crippen LogP contribution in [0.3, 0.4) is 0 Å². The van der Waals surface area contributed by atoms with Crippen LogP contribution in [-0.2, 0) is 11.3 Å². The largest absolute Gasteiger partial charge is 0.480 e. The van der Waals surface area contributed by atoms with Gasteiger partial charge in [-0.15, -0.1) is 0 Å². The average Bonchev–Trinajstić information content (AvgIpc) is 2.84. The quantitative estimate of drug-likeness (QED) is 0.919. The van der Waals surface area contributed by atoms with Crippen molar-refractivity contribution in [3.05, 3.63) is 34.3 Å². The van der Waals surface area contributed by atoms with Crippen LogP contribution in [-0.4, -0.2) is 27.9 Å². The zero-order valence-electron chi connectivity index (χ0n) is 12.4. The van der Waals surface area contributed by atoms with Crippen molar-refractivity contribution in [3.8, 4) is 0 Å². The molecule has 118 valence electrons. The Kier molecular flexibility index (Phi) is 4.39. The molecule has 0 radical (unpaired) electrons. The molecular formula is C17H20ClNO3. The van der Waals surface area contributed by atoms with E-state index in [0.717, 1.165) is 31.2 Å². The van der Waals surface area contributed by atoms with E-state index in [9.17, 15) is 14.7 Å². The second kappa shape index (κ2) is 6.29. The first-order valence-corrected chi connectivity index (χ1v) is 8.27. The molecule has 22 heavy (non-hydrogen) atoms. The lowest BCUT2D eigenvalue weighted by atomic mass is 9.84. The Balaban J connectivity index is 1.80. The fraction of sp³-hybridized carbons (Fsp3) is 0.529. The number of rotatable bonds is 4. The van der Waals surface area contributed by atoms with Crippen molar-refractivity contribution in [3.63, 3.8) is 0 Å². The molecule has 0 spiro atoms. The molecule has 1 aliphatic heterocycles. The molecule has 1 aliphatic carbocycles. The van der Waals surface area contributed by atoms with E-state index in [1.165, 1.54) is 11.3 Å². The fourth-order valence-electron chi connectivity index (χ4n) is 3.67. The Morgan fingerprint density at radius 2 is 2.05 bits per heavy atom. The fourth-order valence-corrected chi connectivity index (χ4v) is 3.90. The summed E-state index contributed by atoms with van der Waals surface area (Å²) < 4.78 is 0. The number of fused-ring (bicyclic) bond motifs is 1. The molecule has 5 heteroatoms. The minimum Gasteiger partial charge on any atom is -0.480 e. The molecule has 0 aromatic heterocycles. The van der Waals surface area contributed by atoms with Gasteiger partial charge in [0, 0.05) is 22.7 Å². The molecule has 1 heterocycles. The maximum atomic E-state index is 12.5. The van der Waals surface area contributed by atoms with E-state index in [0.29, 0.717) is 29.5 Å². The van der Waals surface area contributed by atoms with Crippen molar-refractivity contribution < 1.29 is 14.7 Å². The second-order valence-electron chi connectivity index (χ2n) is 6.29. The Morgan fingerprint density at radius 1 is 1.32 bits per heavy atom. The standard InChI is InChI=1S/C17H20ClNO3/c18-14-8-4-7-12-13(14)10-19(16(12)20)15(17(21)22)9-11-5-2-1-3-6-11/h4,7-8,11,15H,1-3,5-6,9-10H2,(H,21,22). The van der Waals surface area contributed by atoms with Crippen molar-refractivity contribution in [1.29, 1.82) is 0 Å². The lowest BCUT2D eigenvalue weighted by molar-refractivity contribution is -0.143. The van der Waals surface area contributed by atoms with Crippen LogP contribution < -0.4 is 0 Å². The predicted molar refractivity (Wildman–Crippen MR) is 83.9 cm³/mol. The van der Waals surface area contributed by atoms with Gasteiger partial charge in [-0.1, -0.05) is 49.8 Å². The van der Waals surface area contributed by atoms with Crippen LogP contribution in [0.25, 0.3) is 0 Å². The van der Waals surface area contributed by atoms with E-state index in [1.807, 2.05) is 0 Å². The SMILES string of the molecule is O=C(O)C(CC1CCCCC1)N1Cc2c(Cl)cccc2C1=O. The van der Waals surface area contributed by atoms with Gasteiger partial charge in [0.2, 0.25) is 0 Å². The topological polar surface area (TPSA) is 57.6 Å². The van der Waals surface area contributed by atoms with Gasteiger partial charge < -0.3 is 10.0 Å². The number of benzene rings is 1. The van der Waals surface area contributed by atoms with Crippen molar-refractivity contribution in [2.45, 2.75) is 51.1 Å². The van der Waals surface area contributed by atoms with Crippen molar-refractivity contribution >= 4 is 23.5 Å². The Morgan fingerprint density at radius 3 is 2.68 bits per heavy atom. The first-order chi connectivity index (χ1) is 10.6. The van der Waals surface area contributed by atoms with Crippen LogP contribution in [0, 0.1) is 5.92 Å². The molecule has 1 aromatic rings. The van der Waals surface area contributed by atoms with Gasteiger partial charge in [0.15, 0.2) is 0 Å². The number of halogens is 1. The number of carbonyl (C=O) groups excluding carboxylic acids is 1. The number of amides is 1. The smallest absolute Gasteiger partial charge is 0.326 e. The highest BCUT2D eigenvalue weighted by atomic mass is 35.5. The molecule has 1 atom stereocenters. The van der Waals surface area contributed by atoms with Crippen LogP contribution >= 0.6 is 11.6 Å². The summed E-state index contributed by atoms with van der Waals surface area (Å²) in [4.78, 5) is 25.7. The van der Waals surface area contributed by atoms with E-state index in [1.54, 1.807) is 18.2 Å². The summed E-state index contributed by atoms with van der Waals surface area (Å²) >= 11 is 6.15. The number of aliphatic carboxylic acids is 1. The van der Waals surface area contributed by atoms with Crippen LogP contribution in [0.4, 0.5) is 0 Å². The number of carboxylic acid groups (broad SMARTS) is 1. The van der Waals surface area contributed by atoms with Crippen LogP contribution in [0.15, 0.2) is 18.2 Å². The Labute approximate surface area is 135 Å². The summed E-state index contributed by atoms with van der Waals surface area (Å²) in [5.74, 6) is -0.717. The van der Waals surface area contributed by atoms with Gasteiger partial charge in [-0.25, -0.2) is 4.79 Å². The molecule has 1 unspecified atom stereocenters. The summed E-state index contributed by atoms with van der Waals surface area (Å²) in [6.45, 7) is 0.303. The zero-order chi connectivity index (χ0) is 15.7. The van der Waals surface area contributed by atoms with Crippen molar-refractivity contribution in [2.24, 2.45) is 5.92 Å². The van der Waals surface area contributed by atoms with E-state index < -0.39 is 12.0 Å². The average molecular weight is 322 g/mol. The van der Waals surface area contributed by atoms with Gasteiger partial charge >= 0.3 is 5.97 Å². The Bertz CT molecular complexity index is 596. The lowest BCUT2D eigenvalue weighted by Gasteiger charge is -2.29. The maximum absolute atomic E-state index is 12.5. The molecule has 1 N–H and O–H groups in total. The van der Waals surface area contributed by atoms with Gasteiger partial charge in [0.25, 0.3) is 5.91 Å². The molecule has 1 saturated carbocycles. The van der Waals surface area contributed by atoms with E-state index >= 15 is 0 Å². The minimum atomic E-state index is -0.914. The molecule has 2 aliphatic rings. The van der Waals surface area contributed by atoms with E-state index in [4.69, 9.17) is 11.6 Å². The summed E-state index contributed by atoms with van der Waals surface area (Å²) in [6, 6.07) is 4.45. The normalized spacial score (nSPS) is 20.0. The molecule has 0 bridgehead atoms. The highest BCUT2D eigenvalue weighted by molar-refractivity contribution is 6.32. The predicted octanol–water partition coefficient (Wildman–Crippen LogP) is 3.72. The highest BCUT2D eigenvalue weighted by Gasteiger charge is 2.38. The highest BCUT2D eigenvalue weighted by Crippen LogP contribution is 2.34. The number of carbonyl (C=O) groups is 2. The molecule has 3 rings (SSSR count). The van der Waals surface area contributed by atoms with Crippen molar-refractivity contribution in [2.75, 3.05) is 0 Å². The van der Waals surface area contributed by atoms with Crippen LogP contribution in [0.5, 0.6) is 0 Å². The lowest BCUT2D eigenvalue weighted by Crippen LogP contribution is -2.42. The summed E-state index contributed by atoms with van der Waals surface area (Å²) in [5.41, 5.74) is 1.30. The Hall–Kier alpha value is -1.55. The third kappa shape index (κ3) is 2.84. The number of hydrogen-bond donors (Lipinski definition) is 1. The third-order valence-corrected chi connectivity index (χ3v) is 5.24. The molecule has 4 nitrogen and oxygen atoms in total. The number of hydrogen-bond acceptors (Lipinski definition) is 2. The van der Waals surface area contributed by atoms with Gasteiger partial charge in [0.05, 0.1) is 0 Å². The molecule has 1 fully saturated rings. The van der Waals surface area contributed by atoms with Gasteiger partial charge in [-0.3, -0.25) is 4.79 Å². The molecular weight excluding hydrogens is 302 g/mol. The third-order valence-electron chi connectivity index (χ3n) is 4.88. The van der Waals surface area contributed by atoms with E-state index in [-0.39, 0.29) is 5.91 Å². The minimum absolute atomic E-state index is 0.208. The van der Waals surface area contributed by atoms with Crippen LogP contribution in [0.2, 0.25) is 5.02 Å². The molecule has 1 aromatic carbocycles. The monoisotopic (exact) mass is 321 g/mol. The first-order valence-electron chi connectivity index (χ1n) is 7.89. The zero-order valence-corrected chi connectivity index (χ0v) is 13.2.